The zero-order valence-electron chi connectivity index (χ0n) is 52.7. The van der Waals surface area contributed by atoms with Crippen LogP contribution in [0.15, 0.2) is 48.6 Å². The number of nitrogens with zero attached hydrogens (tertiary/aromatic N) is 1. The van der Waals surface area contributed by atoms with Gasteiger partial charge in [-0.05, 0) is 70.6 Å². The molecule has 0 spiro atoms. The van der Waals surface area contributed by atoms with Crippen LogP contribution in [0.2, 0.25) is 0 Å². The molecule has 3 unspecified atom stereocenters. The fourth-order valence-electron chi connectivity index (χ4n) is 10.2. The van der Waals surface area contributed by atoms with Crippen LogP contribution in [0.25, 0.3) is 0 Å². The van der Waals surface area contributed by atoms with E-state index in [9.17, 15) is 19.4 Å². The first-order valence-electron chi connectivity index (χ1n) is 34.0. The number of carbonyl (C=O) groups excluding carboxylic acids is 1. The number of aliphatic hydroxyl groups excluding tert-OH is 1. The lowest BCUT2D eigenvalue weighted by molar-refractivity contribution is -0.870. The SMILES string of the molecule is CCCCCCCCCCCCCC/C=C\CCCCCCCCCCCCCCCCCCCC(=O)NC(COP(=O)(O)OCC[N+](C)(C)C)C(O)/C=C/CC/C=C/CC/C=C/CCCCCCCCCCCCCCC. The second-order valence-electron chi connectivity index (χ2n) is 24.5. The number of unbranched alkanes of at least 4 members (excludes halogenated alkanes) is 44. The van der Waals surface area contributed by atoms with E-state index in [1.54, 1.807) is 6.08 Å². The van der Waals surface area contributed by atoms with E-state index in [0.29, 0.717) is 17.4 Å². The summed E-state index contributed by atoms with van der Waals surface area (Å²) in [6.07, 6.45) is 81.2. The molecule has 0 aromatic heterocycles. The molecule has 0 heterocycles. The molecule has 0 radical (unpaired) electrons. The predicted molar refractivity (Wildman–Crippen MR) is 341 cm³/mol. The molecule has 0 aromatic carbocycles. The molecule has 0 rings (SSSR count). The standard InChI is InChI=1S/C69H133N2O6P/c1-6-8-10-12-14-16-18-20-22-24-26-28-30-31-32-33-34-35-36-37-38-39-41-43-45-47-49-51-53-55-57-59-61-63-69(73)70-67(66-77-78(74,75)76-65-64-71(3,4)5)68(72)62-60-58-56-54-52-50-48-46-44-42-40-29-27-25-23-21-19-17-15-13-11-9-7-2/h31-32,44,46,52,54,60,62,67-68,72H,6-30,33-43,45,47-51,53,55-59,61,63-66H2,1-5H3,(H-,70,73,74,75)/p+1/b32-31-,46-44+,54-52+,62-60+. The van der Waals surface area contributed by atoms with Crippen LogP contribution in [0.4, 0.5) is 0 Å². The van der Waals surface area contributed by atoms with Crippen LogP contribution in [0, 0.1) is 0 Å². The van der Waals surface area contributed by atoms with Crippen molar-refractivity contribution in [2.45, 2.75) is 347 Å². The van der Waals surface area contributed by atoms with E-state index >= 15 is 0 Å². The number of allylic oxidation sites excluding steroid dienone is 7. The quantitative estimate of drug-likeness (QED) is 0.0243. The number of phosphoric acid groups is 1. The number of hydrogen-bond donors (Lipinski definition) is 3. The third-order valence-corrected chi connectivity index (χ3v) is 16.5. The molecular formula is C69H134N2O6P+. The molecule has 0 aliphatic carbocycles. The smallest absolute Gasteiger partial charge is 0.387 e. The van der Waals surface area contributed by atoms with Gasteiger partial charge >= 0.3 is 7.82 Å². The summed E-state index contributed by atoms with van der Waals surface area (Å²) in [7, 11) is 1.56. The number of rotatable bonds is 63. The minimum atomic E-state index is -4.36. The highest BCUT2D eigenvalue weighted by Gasteiger charge is 2.28. The highest BCUT2D eigenvalue weighted by atomic mass is 31.2. The van der Waals surface area contributed by atoms with Gasteiger partial charge in [0.15, 0.2) is 0 Å². The van der Waals surface area contributed by atoms with Gasteiger partial charge in [-0.2, -0.15) is 0 Å². The van der Waals surface area contributed by atoms with Crippen molar-refractivity contribution in [1.82, 2.24) is 5.32 Å². The predicted octanol–water partition coefficient (Wildman–Crippen LogP) is 21.4. The molecule has 0 bridgehead atoms. The summed E-state index contributed by atoms with van der Waals surface area (Å²) >= 11 is 0. The normalized spacial score (nSPS) is 14.0. The van der Waals surface area contributed by atoms with Gasteiger partial charge in [0.2, 0.25) is 5.91 Å². The van der Waals surface area contributed by atoms with E-state index in [0.717, 1.165) is 44.9 Å². The Morgan fingerprint density at radius 2 is 0.705 bits per heavy atom. The largest absolute Gasteiger partial charge is 0.472 e. The summed E-state index contributed by atoms with van der Waals surface area (Å²) in [6, 6.07) is -0.871. The number of carbonyl (C=O) groups is 1. The zero-order valence-corrected chi connectivity index (χ0v) is 53.6. The Morgan fingerprint density at radius 3 is 1.03 bits per heavy atom. The Bertz CT molecular complexity index is 1410. The first-order valence-corrected chi connectivity index (χ1v) is 35.5. The van der Waals surface area contributed by atoms with E-state index in [4.69, 9.17) is 9.05 Å². The number of likely N-dealkylation sites (N-methyl/N-ethyl adjacent to an activating group) is 1. The molecule has 1 amide bonds. The summed E-state index contributed by atoms with van der Waals surface area (Å²) in [4.78, 5) is 23.4. The average Bonchev–Trinajstić information content (AvgIpc) is 3.41. The number of hydrogen-bond acceptors (Lipinski definition) is 5. The number of aliphatic hydroxyl groups is 1. The summed E-state index contributed by atoms with van der Waals surface area (Å²) in [5.41, 5.74) is 0. The lowest BCUT2D eigenvalue weighted by Crippen LogP contribution is -2.45. The summed E-state index contributed by atoms with van der Waals surface area (Å²) in [5.74, 6) is -0.186. The van der Waals surface area contributed by atoms with Crippen molar-refractivity contribution in [1.29, 1.82) is 0 Å². The third kappa shape index (κ3) is 62.1. The third-order valence-electron chi connectivity index (χ3n) is 15.5. The summed E-state index contributed by atoms with van der Waals surface area (Å²) in [6.45, 7) is 4.83. The van der Waals surface area contributed by atoms with Crippen molar-refractivity contribution < 1.29 is 32.9 Å². The summed E-state index contributed by atoms with van der Waals surface area (Å²) < 4.78 is 23.8. The Kier molecular flexibility index (Phi) is 58.9. The number of nitrogens with one attached hydrogen (secondary N) is 1. The fraction of sp³-hybridized carbons (Fsp3) is 0.870. The first kappa shape index (κ1) is 76.5. The number of phosphoric ester groups is 1. The molecule has 0 fully saturated rings. The van der Waals surface area contributed by atoms with Crippen molar-refractivity contribution in [2.24, 2.45) is 0 Å². The topological polar surface area (TPSA) is 105 Å². The van der Waals surface area contributed by atoms with Crippen molar-refractivity contribution in [3.05, 3.63) is 48.6 Å². The van der Waals surface area contributed by atoms with Gasteiger partial charge in [-0.3, -0.25) is 13.8 Å². The molecule has 78 heavy (non-hydrogen) atoms. The van der Waals surface area contributed by atoms with Crippen LogP contribution in [-0.4, -0.2) is 73.4 Å². The van der Waals surface area contributed by atoms with Gasteiger partial charge in [0.25, 0.3) is 0 Å². The number of amides is 1. The molecule has 0 aromatic rings. The first-order chi connectivity index (χ1) is 38.0. The molecule has 9 heteroatoms. The maximum absolute atomic E-state index is 13.0. The Labute approximate surface area is 486 Å². The molecule has 0 aliphatic heterocycles. The average molecular weight is 1120 g/mol. The van der Waals surface area contributed by atoms with Crippen molar-refractivity contribution in [3.63, 3.8) is 0 Å². The Balaban J connectivity index is 4.09. The van der Waals surface area contributed by atoms with Crippen molar-refractivity contribution >= 4 is 13.7 Å². The molecule has 8 nitrogen and oxygen atoms in total. The molecule has 3 atom stereocenters. The second-order valence-corrected chi connectivity index (χ2v) is 26.0. The maximum Gasteiger partial charge on any atom is 0.472 e. The summed E-state index contributed by atoms with van der Waals surface area (Å²) in [5, 5.41) is 14.0. The Morgan fingerprint density at radius 1 is 0.423 bits per heavy atom. The van der Waals surface area contributed by atoms with Gasteiger partial charge in [-0.15, -0.1) is 0 Å². The maximum atomic E-state index is 13.0. The van der Waals surface area contributed by atoms with E-state index in [2.05, 4.69) is 55.6 Å². The molecule has 3 N–H and O–H groups in total. The van der Waals surface area contributed by atoms with Crippen LogP contribution in [-0.2, 0) is 18.4 Å². The van der Waals surface area contributed by atoms with Crippen LogP contribution in [0.5, 0.6) is 0 Å². The lowest BCUT2D eigenvalue weighted by atomic mass is 10.0. The van der Waals surface area contributed by atoms with Gasteiger partial charge in [0.1, 0.15) is 13.2 Å². The Hall–Kier alpha value is -1.54. The highest BCUT2D eigenvalue weighted by molar-refractivity contribution is 7.47. The lowest BCUT2D eigenvalue weighted by Gasteiger charge is -2.25. The van der Waals surface area contributed by atoms with Crippen molar-refractivity contribution in [3.8, 4) is 0 Å². The van der Waals surface area contributed by atoms with E-state index in [-0.39, 0.29) is 19.1 Å². The minimum absolute atomic E-state index is 0.0541. The van der Waals surface area contributed by atoms with Crippen LogP contribution in [0.3, 0.4) is 0 Å². The van der Waals surface area contributed by atoms with Crippen LogP contribution < -0.4 is 5.32 Å². The zero-order chi connectivity index (χ0) is 57.0. The van der Waals surface area contributed by atoms with Gasteiger partial charge in [0.05, 0.1) is 39.9 Å². The van der Waals surface area contributed by atoms with Crippen LogP contribution in [0.1, 0.15) is 335 Å². The number of quaternary nitrogens is 1. The van der Waals surface area contributed by atoms with E-state index < -0.39 is 20.0 Å². The van der Waals surface area contributed by atoms with Gasteiger partial charge in [-0.1, -0.05) is 306 Å². The molecule has 0 aliphatic rings. The molecular weight excluding hydrogens is 984 g/mol. The highest BCUT2D eigenvalue weighted by Crippen LogP contribution is 2.43. The second kappa shape index (κ2) is 60.1. The van der Waals surface area contributed by atoms with Crippen LogP contribution >= 0.6 is 7.82 Å². The molecule has 0 saturated carbocycles. The monoisotopic (exact) mass is 1120 g/mol. The van der Waals surface area contributed by atoms with Gasteiger partial charge in [-0.25, -0.2) is 4.57 Å². The van der Waals surface area contributed by atoms with Gasteiger partial charge < -0.3 is 19.8 Å². The fourth-order valence-corrected chi connectivity index (χ4v) is 10.9. The molecule has 460 valence electrons. The van der Waals surface area contributed by atoms with Gasteiger partial charge in [0, 0.05) is 6.42 Å². The van der Waals surface area contributed by atoms with Crippen molar-refractivity contribution in [2.75, 3.05) is 40.9 Å². The minimum Gasteiger partial charge on any atom is -0.387 e. The van der Waals surface area contributed by atoms with E-state index in [1.807, 2.05) is 27.2 Å². The molecule has 0 saturated heterocycles. The van der Waals surface area contributed by atoms with E-state index in [1.165, 1.54) is 270 Å².